The number of hydrogen-bond acceptors (Lipinski definition) is 6. The molecule has 0 unspecified atom stereocenters. The van der Waals surface area contributed by atoms with E-state index in [2.05, 4.69) is 4.74 Å². The molecule has 0 atom stereocenters. The minimum atomic E-state index is -0.877. The van der Waals surface area contributed by atoms with E-state index in [4.69, 9.17) is 14.2 Å². The molecular weight excluding hydrogens is 307 g/mol. The Hall–Kier alpha value is -2.57. The van der Waals surface area contributed by atoms with Crippen LogP contribution in [0.5, 0.6) is 11.5 Å². The molecule has 2 rings (SSSR count). The van der Waals surface area contributed by atoms with Gasteiger partial charge < -0.3 is 18.9 Å². The molecule has 1 aromatic rings. The maximum Gasteiger partial charge on any atom is 0.346 e. The molecule has 1 aliphatic heterocycles. The minimum absolute atomic E-state index is 0.000892. The molecule has 0 N–H and O–H groups in total. The Labute approximate surface area is 132 Å². The zero-order chi connectivity index (χ0) is 17.2. The molecule has 23 heavy (non-hydrogen) atoms. The predicted molar refractivity (Wildman–Crippen MR) is 78.4 cm³/mol. The van der Waals surface area contributed by atoms with Crippen molar-refractivity contribution in [3.63, 3.8) is 0 Å². The fourth-order valence-corrected chi connectivity index (χ4v) is 1.88. The summed E-state index contributed by atoms with van der Waals surface area (Å²) in [6, 6.07) is 2.58. The van der Waals surface area contributed by atoms with Gasteiger partial charge in [-0.3, -0.25) is 0 Å². The molecule has 124 valence electrons. The average Bonchev–Trinajstić information content (AvgIpc) is 2.91. The van der Waals surface area contributed by atoms with Gasteiger partial charge in [-0.15, -0.1) is 0 Å². The maximum absolute atomic E-state index is 13.9. The first-order chi connectivity index (χ1) is 10.7. The average molecular weight is 324 g/mol. The van der Waals surface area contributed by atoms with Crippen molar-refractivity contribution in [3.8, 4) is 11.5 Å². The monoisotopic (exact) mass is 324 g/mol. The number of esters is 2. The highest BCUT2D eigenvalue weighted by Gasteiger charge is 2.26. The normalized spacial score (nSPS) is 13.7. The summed E-state index contributed by atoms with van der Waals surface area (Å²) in [5.41, 5.74) is -0.886. The number of rotatable bonds is 3. The topological polar surface area (TPSA) is 71.1 Å². The number of carbonyl (C=O) groups is 2. The summed E-state index contributed by atoms with van der Waals surface area (Å²) in [6.45, 7) is 4.91. The van der Waals surface area contributed by atoms with Crippen LogP contribution in [0, 0.1) is 5.82 Å². The molecule has 6 nitrogen and oxygen atoms in total. The molecule has 7 heteroatoms. The molecule has 0 radical (unpaired) electrons. The highest BCUT2D eigenvalue weighted by atomic mass is 19.1. The van der Waals surface area contributed by atoms with E-state index in [1.807, 2.05) is 0 Å². The van der Waals surface area contributed by atoms with E-state index in [0.717, 1.165) is 13.2 Å². The molecule has 0 fully saturated rings. The molecule has 0 aromatic heterocycles. The van der Waals surface area contributed by atoms with Crippen molar-refractivity contribution in [2.45, 2.75) is 26.4 Å². The second-order valence-corrected chi connectivity index (χ2v) is 5.79. The predicted octanol–water partition coefficient (Wildman–Crippen LogP) is 2.45. The first-order valence-electron chi connectivity index (χ1n) is 6.84. The van der Waals surface area contributed by atoms with Crippen molar-refractivity contribution in [3.05, 3.63) is 29.1 Å². The fraction of sp³-hybridized carbons (Fsp3) is 0.375. The van der Waals surface area contributed by atoms with Gasteiger partial charge in [-0.25, -0.2) is 14.0 Å². The quantitative estimate of drug-likeness (QED) is 0.368. The number of hydrogen-bond donors (Lipinski definition) is 0. The van der Waals surface area contributed by atoms with Crippen molar-refractivity contribution in [1.29, 1.82) is 0 Å². The molecule has 0 spiro atoms. The van der Waals surface area contributed by atoms with Crippen LogP contribution in [0.4, 0.5) is 4.39 Å². The Kier molecular flexibility index (Phi) is 4.58. The number of fused-ring (bicyclic) bond motifs is 1. The molecule has 0 saturated carbocycles. The summed E-state index contributed by atoms with van der Waals surface area (Å²) in [5, 5.41) is 0. The molecule has 0 amide bonds. The molecule has 0 saturated heterocycles. The number of carbonyl (C=O) groups excluding carboxylic acids is 2. The molecular formula is C16H17FO6. The van der Waals surface area contributed by atoms with Crippen molar-refractivity contribution in [1.82, 2.24) is 0 Å². The van der Waals surface area contributed by atoms with Gasteiger partial charge in [-0.05, 0) is 44.5 Å². The van der Waals surface area contributed by atoms with Gasteiger partial charge in [-0.2, -0.15) is 0 Å². The number of benzene rings is 1. The smallest absolute Gasteiger partial charge is 0.346 e. The second kappa shape index (κ2) is 6.28. The minimum Gasteiger partial charge on any atom is -0.465 e. The molecule has 1 aromatic carbocycles. The summed E-state index contributed by atoms with van der Waals surface area (Å²) >= 11 is 0. The third kappa shape index (κ3) is 4.00. The van der Waals surface area contributed by atoms with Crippen molar-refractivity contribution < 1.29 is 32.9 Å². The van der Waals surface area contributed by atoms with Crippen molar-refractivity contribution in [2.24, 2.45) is 0 Å². The third-order valence-corrected chi connectivity index (χ3v) is 2.78. The number of ether oxygens (including phenoxy) is 4. The fourth-order valence-electron chi connectivity index (χ4n) is 1.88. The van der Waals surface area contributed by atoms with E-state index in [0.29, 0.717) is 0 Å². The van der Waals surface area contributed by atoms with Crippen LogP contribution < -0.4 is 9.47 Å². The zero-order valence-electron chi connectivity index (χ0n) is 13.3. The Morgan fingerprint density at radius 1 is 1.22 bits per heavy atom. The largest absolute Gasteiger partial charge is 0.465 e. The van der Waals surface area contributed by atoms with Crippen molar-refractivity contribution >= 4 is 18.0 Å². The lowest BCUT2D eigenvalue weighted by Gasteiger charge is -2.20. The lowest BCUT2D eigenvalue weighted by molar-refractivity contribution is -0.153. The number of methoxy groups -OCH3 is 1. The van der Waals surface area contributed by atoms with Gasteiger partial charge in [0.1, 0.15) is 11.2 Å². The Morgan fingerprint density at radius 3 is 2.52 bits per heavy atom. The van der Waals surface area contributed by atoms with Crippen molar-refractivity contribution in [2.75, 3.05) is 13.9 Å². The van der Waals surface area contributed by atoms with Crippen LogP contribution in [-0.2, 0) is 19.1 Å². The molecule has 1 heterocycles. The number of halogens is 1. The lowest BCUT2D eigenvalue weighted by atomic mass is 10.1. The Balaban J connectivity index is 2.40. The van der Waals surface area contributed by atoms with Crippen LogP contribution in [0.1, 0.15) is 26.3 Å². The molecule has 1 aliphatic rings. The van der Waals surface area contributed by atoms with E-state index in [9.17, 15) is 14.0 Å². The summed E-state index contributed by atoms with van der Waals surface area (Å²) < 4.78 is 33.7. The van der Waals surface area contributed by atoms with E-state index in [1.54, 1.807) is 20.8 Å². The highest BCUT2D eigenvalue weighted by molar-refractivity contribution is 6.17. The zero-order valence-corrected chi connectivity index (χ0v) is 13.3. The van der Waals surface area contributed by atoms with E-state index in [-0.39, 0.29) is 29.4 Å². The van der Waals surface area contributed by atoms with Crippen LogP contribution in [0.3, 0.4) is 0 Å². The summed E-state index contributed by atoms with van der Waals surface area (Å²) in [5.74, 6) is -2.19. The molecule has 0 aliphatic carbocycles. The highest BCUT2D eigenvalue weighted by Crippen LogP contribution is 2.36. The Bertz CT molecular complexity index is 672. The van der Waals surface area contributed by atoms with E-state index < -0.39 is 23.4 Å². The summed E-state index contributed by atoms with van der Waals surface area (Å²) in [4.78, 5) is 24.0. The SMILES string of the molecule is COC(=O)/C(=C/c1cc(F)c2c(c1)OCO2)C(=O)OC(C)(C)C. The van der Waals surface area contributed by atoms with Crippen LogP contribution in [0.15, 0.2) is 17.7 Å². The van der Waals surface area contributed by atoms with Gasteiger partial charge in [0.05, 0.1) is 7.11 Å². The van der Waals surface area contributed by atoms with E-state index >= 15 is 0 Å². The van der Waals surface area contributed by atoms with Gasteiger partial charge >= 0.3 is 11.9 Å². The Morgan fingerprint density at radius 2 is 1.91 bits per heavy atom. The second-order valence-electron chi connectivity index (χ2n) is 5.79. The third-order valence-electron chi connectivity index (χ3n) is 2.78. The first kappa shape index (κ1) is 16.8. The first-order valence-corrected chi connectivity index (χ1v) is 6.84. The van der Waals surface area contributed by atoms with Gasteiger partial charge in [0.15, 0.2) is 11.6 Å². The van der Waals surface area contributed by atoms with Crippen LogP contribution >= 0.6 is 0 Å². The van der Waals surface area contributed by atoms with E-state index in [1.165, 1.54) is 12.1 Å². The maximum atomic E-state index is 13.9. The molecule has 0 bridgehead atoms. The van der Waals surface area contributed by atoms with Crippen LogP contribution in [0.2, 0.25) is 0 Å². The standard InChI is InChI=1S/C16H17FO6/c1-16(2,3)23-15(19)10(14(18)20-4)5-9-6-11(17)13-12(7-9)21-8-22-13/h5-7H,8H2,1-4H3/b10-5-. The van der Waals surface area contributed by atoms with Gasteiger partial charge in [-0.1, -0.05) is 0 Å². The van der Waals surface area contributed by atoms with Gasteiger partial charge in [0.2, 0.25) is 12.5 Å². The van der Waals surface area contributed by atoms with Crippen LogP contribution in [0.25, 0.3) is 6.08 Å². The summed E-state index contributed by atoms with van der Waals surface area (Å²) in [6.07, 6.45) is 1.19. The van der Waals surface area contributed by atoms with Crippen LogP contribution in [-0.4, -0.2) is 31.4 Å². The van der Waals surface area contributed by atoms with Gasteiger partial charge in [0, 0.05) is 0 Å². The van der Waals surface area contributed by atoms with Gasteiger partial charge in [0.25, 0.3) is 0 Å². The summed E-state index contributed by atoms with van der Waals surface area (Å²) in [7, 11) is 1.14. The lowest BCUT2D eigenvalue weighted by Crippen LogP contribution is -2.27.